The summed E-state index contributed by atoms with van der Waals surface area (Å²) >= 11 is 1.66. The topological polar surface area (TPSA) is 65.2 Å². The van der Waals surface area contributed by atoms with Crippen LogP contribution in [0.3, 0.4) is 0 Å². The fourth-order valence-electron chi connectivity index (χ4n) is 3.15. The molecule has 3 aromatic rings. The molecule has 2 aromatic carbocycles. The number of hydrogen-bond donors (Lipinski definition) is 2. The van der Waals surface area contributed by atoms with E-state index in [1.54, 1.807) is 22.9 Å². The second-order valence-corrected chi connectivity index (χ2v) is 7.25. The SMILES string of the molecule is CSc1ccc(NC(=O)C2CN(C(=O)c3c[nH]c4ccccc34)C2)cc1. The van der Waals surface area contributed by atoms with Crippen molar-refractivity contribution in [1.29, 1.82) is 0 Å². The predicted molar refractivity (Wildman–Crippen MR) is 105 cm³/mol. The lowest BCUT2D eigenvalue weighted by Crippen LogP contribution is -2.54. The average Bonchev–Trinajstić information content (AvgIpc) is 3.05. The Kier molecular flexibility index (Phi) is 4.42. The zero-order chi connectivity index (χ0) is 18.1. The molecule has 2 heterocycles. The first-order chi connectivity index (χ1) is 12.7. The van der Waals surface area contributed by atoms with Gasteiger partial charge in [0.2, 0.25) is 5.91 Å². The molecule has 0 bridgehead atoms. The Morgan fingerprint density at radius 1 is 1.12 bits per heavy atom. The molecule has 0 radical (unpaired) electrons. The second kappa shape index (κ2) is 6.88. The number of para-hydroxylation sites is 1. The van der Waals surface area contributed by atoms with Crippen LogP contribution >= 0.6 is 11.8 Å². The maximum absolute atomic E-state index is 12.7. The molecule has 1 aliphatic rings. The number of hydrogen-bond acceptors (Lipinski definition) is 3. The molecule has 0 saturated carbocycles. The molecule has 2 amide bonds. The summed E-state index contributed by atoms with van der Waals surface area (Å²) in [4.78, 5) is 31.0. The third-order valence-corrected chi connectivity index (χ3v) is 5.46. The number of fused-ring (bicyclic) bond motifs is 1. The highest BCUT2D eigenvalue weighted by molar-refractivity contribution is 7.98. The largest absolute Gasteiger partial charge is 0.360 e. The minimum atomic E-state index is -0.163. The Hall–Kier alpha value is -2.73. The summed E-state index contributed by atoms with van der Waals surface area (Å²) in [5.74, 6) is -0.231. The third kappa shape index (κ3) is 3.08. The van der Waals surface area contributed by atoms with E-state index in [0.717, 1.165) is 21.5 Å². The zero-order valence-corrected chi connectivity index (χ0v) is 15.2. The van der Waals surface area contributed by atoms with Crippen LogP contribution in [0.1, 0.15) is 10.4 Å². The Morgan fingerprint density at radius 2 is 1.85 bits per heavy atom. The van der Waals surface area contributed by atoms with Gasteiger partial charge in [0.1, 0.15) is 0 Å². The van der Waals surface area contributed by atoms with E-state index in [4.69, 9.17) is 0 Å². The molecule has 5 nitrogen and oxygen atoms in total. The van der Waals surface area contributed by atoms with Gasteiger partial charge in [0.15, 0.2) is 0 Å². The highest BCUT2D eigenvalue weighted by atomic mass is 32.2. The van der Waals surface area contributed by atoms with Crippen LogP contribution in [-0.2, 0) is 4.79 Å². The molecule has 0 unspecified atom stereocenters. The second-order valence-electron chi connectivity index (χ2n) is 6.37. The van der Waals surface area contributed by atoms with E-state index in [1.165, 1.54) is 0 Å². The van der Waals surface area contributed by atoms with Crippen molar-refractivity contribution >= 4 is 40.2 Å². The lowest BCUT2D eigenvalue weighted by atomic mass is 9.97. The molecule has 1 fully saturated rings. The van der Waals surface area contributed by atoms with E-state index in [1.807, 2.05) is 54.8 Å². The van der Waals surface area contributed by atoms with Crippen molar-refractivity contribution in [2.45, 2.75) is 4.90 Å². The molecule has 4 rings (SSSR count). The number of carbonyl (C=O) groups excluding carboxylic acids is 2. The monoisotopic (exact) mass is 365 g/mol. The first kappa shape index (κ1) is 16.7. The molecule has 1 saturated heterocycles. The van der Waals surface area contributed by atoms with E-state index >= 15 is 0 Å². The van der Waals surface area contributed by atoms with Crippen LogP contribution in [0.2, 0.25) is 0 Å². The predicted octanol–water partition coefficient (Wildman–Crippen LogP) is 3.60. The minimum Gasteiger partial charge on any atom is -0.360 e. The molecular formula is C20H19N3O2S. The number of likely N-dealkylation sites (tertiary alicyclic amines) is 1. The van der Waals surface area contributed by atoms with Crippen molar-refractivity contribution in [2.75, 3.05) is 24.7 Å². The van der Waals surface area contributed by atoms with Gasteiger partial charge in [-0.25, -0.2) is 0 Å². The highest BCUT2D eigenvalue weighted by Crippen LogP contribution is 2.25. The number of anilines is 1. The van der Waals surface area contributed by atoms with Gasteiger partial charge in [0.05, 0.1) is 11.5 Å². The number of carbonyl (C=O) groups is 2. The number of nitrogens with zero attached hydrogens (tertiary/aromatic N) is 1. The van der Waals surface area contributed by atoms with Crippen molar-refractivity contribution in [2.24, 2.45) is 5.92 Å². The van der Waals surface area contributed by atoms with Gasteiger partial charge in [-0.05, 0) is 36.6 Å². The van der Waals surface area contributed by atoms with Crippen molar-refractivity contribution in [3.8, 4) is 0 Å². The van der Waals surface area contributed by atoms with Crippen LogP contribution in [0.4, 0.5) is 5.69 Å². The summed E-state index contributed by atoms with van der Waals surface area (Å²) in [6.07, 6.45) is 3.76. The first-order valence-corrected chi connectivity index (χ1v) is 9.68. The minimum absolute atomic E-state index is 0.0316. The van der Waals surface area contributed by atoms with Crippen LogP contribution in [0.5, 0.6) is 0 Å². The maximum Gasteiger partial charge on any atom is 0.256 e. The van der Waals surface area contributed by atoms with Crippen molar-refractivity contribution in [1.82, 2.24) is 9.88 Å². The Balaban J connectivity index is 1.37. The fraction of sp³-hybridized carbons (Fsp3) is 0.200. The molecule has 6 heteroatoms. The molecular weight excluding hydrogens is 346 g/mol. The van der Waals surface area contributed by atoms with Gasteiger partial charge in [-0.2, -0.15) is 0 Å². The van der Waals surface area contributed by atoms with Crippen LogP contribution in [0, 0.1) is 5.92 Å². The number of H-pyrrole nitrogens is 1. The van der Waals surface area contributed by atoms with E-state index in [-0.39, 0.29) is 17.7 Å². The van der Waals surface area contributed by atoms with Gasteiger partial charge in [-0.1, -0.05) is 18.2 Å². The Morgan fingerprint density at radius 3 is 2.58 bits per heavy atom. The molecule has 26 heavy (non-hydrogen) atoms. The van der Waals surface area contributed by atoms with E-state index < -0.39 is 0 Å². The van der Waals surface area contributed by atoms with Crippen molar-refractivity contribution in [3.05, 3.63) is 60.3 Å². The van der Waals surface area contributed by atoms with Crippen LogP contribution in [0.25, 0.3) is 10.9 Å². The highest BCUT2D eigenvalue weighted by Gasteiger charge is 2.36. The van der Waals surface area contributed by atoms with Crippen molar-refractivity contribution in [3.63, 3.8) is 0 Å². The first-order valence-electron chi connectivity index (χ1n) is 8.46. The lowest BCUT2D eigenvalue weighted by molar-refractivity contribution is -0.123. The van der Waals surface area contributed by atoms with Gasteiger partial charge < -0.3 is 15.2 Å². The smallest absolute Gasteiger partial charge is 0.256 e. The summed E-state index contributed by atoms with van der Waals surface area (Å²) in [6.45, 7) is 0.903. The molecule has 0 aliphatic carbocycles. The van der Waals surface area contributed by atoms with Crippen LogP contribution in [-0.4, -0.2) is 41.0 Å². The van der Waals surface area contributed by atoms with Crippen LogP contribution in [0.15, 0.2) is 59.6 Å². The van der Waals surface area contributed by atoms with E-state index in [2.05, 4.69) is 10.3 Å². The van der Waals surface area contributed by atoms with Gasteiger partial charge in [-0.15, -0.1) is 11.8 Å². The summed E-state index contributed by atoms with van der Waals surface area (Å²) in [5.41, 5.74) is 2.39. The van der Waals surface area contributed by atoms with Gasteiger partial charge in [-0.3, -0.25) is 9.59 Å². The average molecular weight is 365 g/mol. The zero-order valence-electron chi connectivity index (χ0n) is 14.4. The molecule has 0 spiro atoms. The lowest BCUT2D eigenvalue weighted by Gasteiger charge is -2.38. The number of amides is 2. The summed E-state index contributed by atoms with van der Waals surface area (Å²) in [5, 5.41) is 3.84. The Bertz CT molecular complexity index is 959. The fourth-order valence-corrected chi connectivity index (χ4v) is 3.56. The summed E-state index contributed by atoms with van der Waals surface area (Å²) in [7, 11) is 0. The number of nitrogens with one attached hydrogen (secondary N) is 2. The quantitative estimate of drug-likeness (QED) is 0.694. The van der Waals surface area contributed by atoms with Gasteiger partial charge in [0.25, 0.3) is 5.91 Å². The number of rotatable bonds is 4. The normalized spacial score (nSPS) is 14.3. The molecule has 132 valence electrons. The Labute approximate surface area is 155 Å². The van der Waals surface area contributed by atoms with Gasteiger partial charge in [0, 0.05) is 40.8 Å². The van der Waals surface area contributed by atoms with Crippen LogP contribution < -0.4 is 5.32 Å². The molecule has 2 N–H and O–H groups in total. The summed E-state index contributed by atoms with van der Waals surface area (Å²) in [6, 6.07) is 15.5. The molecule has 0 atom stereocenters. The maximum atomic E-state index is 12.7. The number of aromatic nitrogens is 1. The number of benzene rings is 2. The molecule has 1 aromatic heterocycles. The number of thioether (sulfide) groups is 1. The van der Waals surface area contributed by atoms with E-state index in [0.29, 0.717) is 18.7 Å². The van der Waals surface area contributed by atoms with Crippen molar-refractivity contribution < 1.29 is 9.59 Å². The third-order valence-electron chi connectivity index (χ3n) is 4.72. The molecule has 1 aliphatic heterocycles. The summed E-state index contributed by atoms with van der Waals surface area (Å²) < 4.78 is 0. The number of aromatic amines is 1. The van der Waals surface area contributed by atoms with Gasteiger partial charge >= 0.3 is 0 Å². The standard InChI is InChI=1S/C20H19N3O2S/c1-26-15-8-6-14(7-9-15)22-19(24)13-11-23(12-13)20(25)17-10-21-18-5-3-2-4-16(17)18/h2-10,13,21H,11-12H2,1H3,(H,22,24). The van der Waals surface area contributed by atoms with E-state index in [9.17, 15) is 9.59 Å².